The van der Waals surface area contributed by atoms with Gasteiger partial charge in [0.1, 0.15) is 5.58 Å². The van der Waals surface area contributed by atoms with Crippen LogP contribution in [0.4, 0.5) is 0 Å². The van der Waals surface area contributed by atoms with Gasteiger partial charge in [-0.2, -0.15) is 0 Å². The Labute approximate surface area is 351 Å². The van der Waals surface area contributed by atoms with Crippen molar-refractivity contribution in [2.75, 3.05) is 0 Å². The van der Waals surface area contributed by atoms with E-state index in [4.69, 9.17) is 14.0 Å². The Bertz CT molecular complexity index is 2820. The zero-order valence-electron chi connectivity index (χ0n) is 38.9. The molecule has 0 saturated carbocycles. The summed E-state index contributed by atoms with van der Waals surface area (Å²) in [7, 11) is -1.76. The van der Waals surface area contributed by atoms with E-state index in [-0.39, 0.29) is 31.2 Å². The minimum Gasteiger partial charge on any atom is -0.501 e. The van der Waals surface area contributed by atoms with Crippen LogP contribution in [0.3, 0.4) is 0 Å². The molecular formula is C50H48IrN2OSi-2. The molecule has 3 nitrogen and oxygen atoms in total. The van der Waals surface area contributed by atoms with Gasteiger partial charge in [-0.25, -0.2) is 0 Å². The topological polar surface area (TPSA) is 38.9 Å². The number of aryl methyl sites for hydroxylation is 1. The molecule has 279 valence electrons. The van der Waals surface area contributed by atoms with Gasteiger partial charge in [-0.3, -0.25) is 0 Å². The Morgan fingerprint density at radius 3 is 2.11 bits per heavy atom. The van der Waals surface area contributed by atoms with Crippen LogP contribution in [0, 0.1) is 24.4 Å². The summed E-state index contributed by atoms with van der Waals surface area (Å²) in [6, 6.07) is 46.8. The standard InChI is InChI=1S/C29H26NO.C21H22NSi.Ir/c1-19-18-30-26(15-22(19)17-29(2,3)4)25-12-8-11-24-23-14-13-21(16-27(23)31-28(24)25)20-9-6-5-7-10-20;1-23(2,3)21-16-22-20(18-12-8-5-9-13-18)15-19(21)14-17-10-6-4-7-11-17;/h5-11,13-16,18H,17H2,1-4H3;4-12,15-16H,14H2,1-3H3;/q2*-1;/i1D3,17D2;14D2;. The third-order valence-electron chi connectivity index (χ3n) is 8.96. The number of aromatic nitrogens is 2. The first-order chi connectivity index (χ1) is 28.7. The number of fused-ring (bicyclic) bond motifs is 3. The van der Waals surface area contributed by atoms with E-state index in [9.17, 15) is 0 Å². The van der Waals surface area contributed by atoms with E-state index in [0.29, 0.717) is 22.4 Å². The molecule has 0 fully saturated rings. The molecule has 8 rings (SSSR count). The first-order valence-corrected chi connectivity index (χ1v) is 21.7. The first kappa shape index (κ1) is 31.3. The first-order valence-electron chi connectivity index (χ1n) is 21.7. The van der Waals surface area contributed by atoms with Crippen LogP contribution >= 0.6 is 0 Å². The monoisotopic (exact) mass is 920 g/mol. The van der Waals surface area contributed by atoms with Crippen molar-refractivity contribution in [3.05, 3.63) is 174 Å². The zero-order chi connectivity index (χ0) is 44.0. The summed E-state index contributed by atoms with van der Waals surface area (Å²) in [6.07, 6.45) is -0.341. The molecule has 0 aliphatic rings. The molecule has 55 heavy (non-hydrogen) atoms. The second-order valence-electron chi connectivity index (χ2n) is 15.4. The van der Waals surface area contributed by atoms with Gasteiger partial charge in [-0.15, -0.1) is 54.1 Å². The second kappa shape index (κ2) is 16.8. The number of nitrogens with zero attached hydrogens (tertiary/aromatic N) is 2. The maximum Gasteiger partial charge on any atom is 0.121 e. The Morgan fingerprint density at radius 1 is 0.709 bits per heavy atom. The normalized spacial score (nSPS) is 14.2. The molecule has 0 atom stereocenters. The number of hydrogen-bond donors (Lipinski definition) is 0. The van der Waals surface area contributed by atoms with E-state index >= 15 is 0 Å². The third-order valence-corrected chi connectivity index (χ3v) is 11.0. The Balaban J connectivity index is 0.000000217. The Morgan fingerprint density at radius 2 is 1.42 bits per heavy atom. The fourth-order valence-corrected chi connectivity index (χ4v) is 7.77. The van der Waals surface area contributed by atoms with Gasteiger partial charge < -0.3 is 14.4 Å². The summed E-state index contributed by atoms with van der Waals surface area (Å²) in [5, 5.41) is 2.89. The quantitative estimate of drug-likeness (QED) is 0.118. The molecule has 5 heteroatoms. The molecule has 0 spiro atoms. The SMILES string of the molecule is [2H]C([2H])([2H])c1cnc(-c2[c-]ccc3c2oc2cc(-c4ccccc4)ccc23)cc1C([2H])([2H])C(C)(C)C.[2H]C([2H])(c1ccccc1)c1cc(-c2[c-]cccc2)ncc1[Si](C)(C)C.[Ir]. The van der Waals surface area contributed by atoms with E-state index in [0.717, 1.165) is 49.5 Å². The predicted molar refractivity (Wildman–Crippen MR) is 230 cm³/mol. The molecule has 0 aliphatic heterocycles. The molecule has 0 amide bonds. The molecular weight excluding hydrogens is 865 g/mol. The van der Waals surface area contributed by atoms with Crippen LogP contribution in [-0.2, 0) is 32.9 Å². The van der Waals surface area contributed by atoms with Crippen molar-refractivity contribution in [2.45, 2.75) is 60.0 Å². The number of pyridine rings is 2. The Kier molecular flexibility index (Phi) is 9.58. The summed E-state index contributed by atoms with van der Waals surface area (Å²) in [5.41, 5.74) is 6.61. The fraction of sp³-hybridized carbons (Fsp3) is 0.200. The molecule has 8 aromatic rings. The summed E-state index contributed by atoms with van der Waals surface area (Å²) in [5.74, 6) is 0. The molecule has 3 heterocycles. The minimum atomic E-state index is -2.50. The van der Waals surface area contributed by atoms with Crippen LogP contribution < -0.4 is 5.19 Å². The van der Waals surface area contributed by atoms with Gasteiger partial charge in [0, 0.05) is 47.5 Å². The van der Waals surface area contributed by atoms with Gasteiger partial charge in [0.25, 0.3) is 0 Å². The average Bonchev–Trinajstić information content (AvgIpc) is 3.62. The molecule has 0 aliphatic carbocycles. The van der Waals surface area contributed by atoms with E-state index in [1.54, 1.807) is 32.9 Å². The zero-order valence-corrected chi connectivity index (χ0v) is 35.3. The van der Waals surface area contributed by atoms with Crippen molar-refractivity contribution in [3.8, 4) is 33.6 Å². The minimum absolute atomic E-state index is 0. The van der Waals surface area contributed by atoms with Gasteiger partial charge >= 0.3 is 0 Å². The van der Waals surface area contributed by atoms with Gasteiger partial charge in [0.05, 0.1) is 13.7 Å². The van der Waals surface area contributed by atoms with Crippen molar-refractivity contribution in [2.24, 2.45) is 5.41 Å². The van der Waals surface area contributed by atoms with Crippen LogP contribution in [0.5, 0.6) is 0 Å². The van der Waals surface area contributed by atoms with Crippen molar-refractivity contribution in [1.82, 2.24) is 9.97 Å². The number of furan rings is 1. The molecule has 0 unspecified atom stereocenters. The Hall–Kier alpha value is -4.93. The van der Waals surface area contributed by atoms with Gasteiger partial charge in [0.15, 0.2) is 0 Å². The van der Waals surface area contributed by atoms with E-state index < -0.39 is 33.1 Å². The predicted octanol–water partition coefficient (Wildman–Crippen LogP) is 12.7. The van der Waals surface area contributed by atoms with Crippen molar-refractivity contribution >= 4 is 35.2 Å². The van der Waals surface area contributed by atoms with E-state index in [1.807, 2.05) is 115 Å². The second-order valence-corrected chi connectivity index (χ2v) is 20.4. The fourth-order valence-electron chi connectivity index (χ4n) is 6.37. The van der Waals surface area contributed by atoms with Crippen LogP contribution in [0.15, 0.2) is 144 Å². The van der Waals surface area contributed by atoms with E-state index in [1.165, 1.54) is 6.20 Å². The molecule has 0 bridgehead atoms. The van der Waals surface area contributed by atoms with Crippen LogP contribution in [0.2, 0.25) is 19.6 Å². The third kappa shape index (κ3) is 9.48. The van der Waals surface area contributed by atoms with Gasteiger partial charge in [-0.1, -0.05) is 147 Å². The maximum atomic E-state index is 8.84. The van der Waals surface area contributed by atoms with Crippen LogP contribution in [-0.4, -0.2) is 18.0 Å². The van der Waals surface area contributed by atoms with E-state index in [2.05, 4.69) is 47.8 Å². The van der Waals surface area contributed by atoms with Crippen molar-refractivity contribution in [3.63, 3.8) is 0 Å². The van der Waals surface area contributed by atoms with Crippen molar-refractivity contribution < 1.29 is 34.1 Å². The maximum absolute atomic E-state index is 8.84. The largest absolute Gasteiger partial charge is 0.501 e. The smallest absolute Gasteiger partial charge is 0.121 e. The number of benzene rings is 5. The number of rotatable bonds is 7. The molecule has 1 radical (unpaired) electrons. The average molecular weight is 920 g/mol. The number of hydrogen-bond acceptors (Lipinski definition) is 3. The molecule has 0 saturated heterocycles. The summed E-state index contributed by atoms with van der Waals surface area (Å²) < 4.78 is 65.5. The summed E-state index contributed by atoms with van der Waals surface area (Å²) >= 11 is 0. The summed E-state index contributed by atoms with van der Waals surface area (Å²) in [4.78, 5) is 9.06. The van der Waals surface area contributed by atoms with Crippen LogP contribution in [0.1, 0.15) is 52.6 Å². The molecule has 3 aromatic heterocycles. The van der Waals surface area contributed by atoms with Gasteiger partial charge in [0.2, 0.25) is 0 Å². The van der Waals surface area contributed by atoms with Gasteiger partial charge in [-0.05, 0) is 69.9 Å². The van der Waals surface area contributed by atoms with Crippen LogP contribution in [0.25, 0.3) is 55.6 Å². The molecule has 5 aromatic carbocycles. The summed E-state index contributed by atoms with van der Waals surface area (Å²) in [6.45, 7) is 9.45. The molecule has 0 N–H and O–H groups in total. The van der Waals surface area contributed by atoms with Crippen molar-refractivity contribution in [1.29, 1.82) is 0 Å².